The Morgan fingerprint density at radius 3 is 2.83 bits per heavy atom. The Bertz CT molecular complexity index is 531. The lowest BCUT2D eigenvalue weighted by Crippen LogP contribution is -2.08. The number of hydrogen-bond acceptors (Lipinski definition) is 5. The van der Waals surface area contributed by atoms with Crippen molar-refractivity contribution in [2.24, 2.45) is 5.92 Å². The minimum Gasteiger partial charge on any atom is -0.397 e. The molecule has 0 aliphatic rings. The second kappa shape index (κ2) is 5.03. The largest absolute Gasteiger partial charge is 0.397 e. The van der Waals surface area contributed by atoms with Crippen molar-refractivity contribution < 1.29 is 0 Å². The molecule has 0 atom stereocenters. The molecule has 18 heavy (non-hydrogen) atoms. The van der Waals surface area contributed by atoms with Gasteiger partial charge in [0.1, 0.15) is 0 Å². The number of nitrogens with one attached hydrogen (secondary N) is 1. The van der Waals surface area contributed by atoms with Crippen LogP contribution in [0.25, 0.3) is 11.4 Å². The zero-order valence-corrected chi connectivity index (χ0v) is 10.9. The molecule has 2 rings (SSSR count). The van der Waals surface area contributed by atoms with Crippen LogP contribution in [0.5, 0.6) is 0 Å². The van der Waals surface area contributed by atoms with Crippen molar-refractivity contribution in [3.05, 3.63) is 18.2 Å². The summed E-state index contributed by atoms with van der Waals surface area (Å²) in [5.74, 6) is 1.25. The van der Waals surface area contributed by atoms with Gasteiger partial charge in [-0.15, -0.1) is 5.10 Å². The molecular weight excluding hydrogens is 228 g/mol. The van der Waals surface area contributed by atoms with Crippen molar-refractivity contribution >= 4 is 11.4 Å². The van der Waals surface area contributed by atoms with Gasteiger partial charge in [0.15, 0.2) is 5.82 Å². The van der Waals surface area contributed by atoms with Crippen LogP contribution in [-0.2, 0) is 6.54 Å². The van der Waals surface area contributed by atoms with E-state index in [0.29, 0.717) is 11.6 Å². The first-order valence-electron chi connectivity index (χ1n) is 5.95. The monoisotopic (exact) mass is 246 g/mol. The summed E-state index contributed by atoms with van der Waals surface area (Å²) in [6, 6.07) is 5.74. The molecule has 3 N–H and O–H groups in total. The first-order valence-corrected chi connectivity index (χ1v) is 5.95. The average molecular weight is 246 g/mol. The van der Waals surface area contributed by atoms with E-state index in [1.54, 1.807) is 0 Å². The first kappa shape index (κ1) is 12.3. The molecule has 6 heteroatoms. The zero-order chi connectivity index (χ0) is 13.1. The van der Waals surface area contributed by atoms with Gasteiger partial charge in [-0.3, -0.25) is 0 Å². The maximum Gasteiger partial charge on any atom is 0.182 e. The van der Waals surface area contributed by atoms with Crippen molar-refractivity contribution in [2.75, 3.05) is 18.1 Å². The Kier molecular flexibility index (Phi) is 3.45. The zero-order valence-electron chi connectivity index (χ0n) is 10.9. The topological polar surface area (TPSA) is 81.7 Å². The van der Waals surface area contributed by atoms with E-state index in [2.05, 4.69) is 34.7 Å². The molecule has 1 heterocycles. The summed E-state index contributed by atoms with van der Waals surface area (Å²) in [5, 5.41) is 14.9. The average Bonchev–Trinajstić information content (AvgIpc) is 2.77. The molecule has 0 aliphatic heterocycles. The quantitative estimate of drug-likeness (QED) is 0.801. The Labute approximate surface area is 106 Å². The van der Waals surface area contributed by atoms with Crippen LogP contribution in [0.15, 0.2) is 18.2 Å². The highest BCUT2D eigenvalue weighted by Gasteiger charge is 2.11. The first-order chi connectivity index (χ1) is 8.61. The van der Waals surface area contributed by atoms with Gasteiger partial charge < -0.3 is 11.1 Å². The van der Waals surface area contributed by atoms with E-state index in [0.717, 1.165) is 23.6 Å². The summed E-state index contributed by atoms with van der Waals surface area (Å²) < 4.78 is 1.82. The van der Waals surface area contributed by atoms with Crippen molar-refractivity contribution in [3.63, 3.8) is 0 Å². The molecule has 0 fully saturated rings. The van der Waals surface area contributed by atoms with Gasteiger partial charge >= 0.3 is 0 Å². The van der Waals surface area contributed by atoms with Crippen LogP contribution >= 0.6 is 0 Å². The van der Waals surface area contributed by atoms with Gasteiger partial charge in [0.2, 0.25) is 0 Å². The number of anilines is 2. The van der Waals surface area contributed by atoms with Crippen molar-refractivity contribution in [3.8, 4) is 11.4 Å². The second-order valence-electron chi connectivity index (χ2n) is 4.63. The summed E-state index contributed by atoms with van der Waals surface area (Å²) >= 11 is 0. The van der Waals surface area contributed by atoms with E-state index >= 15 is 0 Å². The molecule has 6 nitrogen and oxygen atoms in total. The molecule has 2 aromatic rings. The predicted molar refractivity (Wildman–Crippen MR) is 72.1 cm³/mol. The molecule has 96 valence electrons. The Balaban J connectivity index is 2.39. The fourth-order valence-electron chi connectivity index (χ4n) is 1.79. The van der Waals surface area contributed by atoms with Crippen LogP contribution < -0.4 is 11.1 Å². The molecule has 1 aromatic heterocycles. The number of aromatic nitrogens is 4. The highest BCUT2D eigenvalue weighted by atomic mass is 15.5. The fourth-order valence-corrected chi connectivity index (χ4v) is 1.79. The molecule has 0 aliphatic carbocycles. The third-order valence-electron chi connectivity index (χ3n) is 2.65. The summed E-state index contributed by atoms with van der Waals surface area (Å²) in [7, 11) is 1.84. The third kappa shape index (κ3) is 2.42. The van der Waals surface area contributed by atoms with Gasteiger partial charge in [-0.1, -0.05) is 13.8 Å². The molecule has 1 aromatic carbocycles. The van der Waals surface area contributed by atoms with E-state index in [-0.39, 0.29) is 0 Å². The lowest BCUT2D eigenvalue weighted by atomic mass is 10.1. The van der Waals surface area contributed by atoms with Crippen LogP contribution in [0.4, 0.5) is 11.4 Å². The van der Waals surface area contributed by atoms with Gasteiger partial charge in [-0.25, -0.2) is 4.68 Å². The number of nitrogen functional groups attached to an aromatic ring is 1. The maximum atomic E-state index is 5.85. The highest BCUT2D eigenvalue weighted by Crippen LogP contribution is 2.25. The predicted octanol–water partition coefficient (Wildman–Crippen LogP) is 1.62. The van der Waals surface area contributed by atoms with E-state index in [4.69, 9.17) is 5.73 Å². The second-order valence-corrected chi connectivity index (χ2v) is 4.63. The molecule has 0 saturated heterocycles. The van der Waals surface area contributed by atoms with Crippen LogP contribution in [0, 0.1) is 5.92 Å². The van der Waals surface area contributed by atoms with E-state index in [1.807, 2.05) is 29.9 Å². The Morgan fingerprint density at radius 2 is 2.17 bits per heavy atom. The van der Waals surface area contributed by atoms with Crippen LogP contribution in [0.2, 0.25) is 0 Å². The lowest BCUT2D eigenvalue weighted by Gasteiger charge is -2.09. The minimum absolute atomic E-state index is 0.491. The molecule has 0 amide bonds. The van der Waals surface area contributed by atoms with Crippen molar-refractivity contribution in [1.29, 1.82) is 0 Å². The summed E-state index contributed by atoms with van der Waals surface area (Å²) in [5.41, 5.74) is 8.40. The normalized spacial score (nSPS) is 10.9. The van der Waals surface area contributed by atoms with E-state index in [1.165, 1.54) is 0 Å². The minimum atomic E-state index is 0.491. The van der Waals surface area contributed by atoms with E-state index in [9.17, 15) is 0 Å². The number of rotatable bonds is 4. The summed E-state index contributed by atoms with van der Waals surface area (Å²) in [4.78, 5) is 0. The smallest absolute Gasteiger partial charge is 0.182 e. The number of tetrazole rings is 1. The summed E-state index contributed by atoms with van der Waals surface area (Å²) in [6.45, 7) is 5.06. The third-order valence-corrected chi connectivity index (χ3v) is 2.65. The van der Waals surface area contributed by atoms with Gasteiger partial charge in [-0.2, -0.15) is 0 Å². The van der Waals surface area contributed by atoms with Crippen LogP contribution in [0.3, 0.4) is 0 Å². The number of nitrogens with two attached hydrogens (primary N) is 1. The number of benzene rings is 1. The van der Waals surface area contributed by atoms with Gasteiger partial charge in [-0.05, 0) is 34.5 Å². The molecule has 0 radical (unpaired) electrons. The number of nitrogens with zero attached hydrogens (tertiary/aromatic N) is 4. The van der Waals surface area contributed by atoms with Gasteiger partial charge in [0.05, 0.1) is 11.4 Å². The fraction of sp³-hybridized carbons (Fsp3) is 0.417. The lowest BCUT2D eigenvalue weighted by molar-refractivity contribution is 0.475. The molecule has 0 spiro atoms. The number of hydrogen-bond donors (Lipinski definition) is 2. The summed E-state index contributed by atoms with van der Waals surface area (Å²) in [6.07, 6.45) is 0. The van der Waals surface area contributed by atoms with Crippen LogP contribution in [-0.4, -0.2) is 27.3 Å². The van der Waals surface area contributed by atoms with Gasteiger partial charge in [0.25, 0.3) is 0 Å². The Morgan fingerprint density at radius 1 is 1.39 bits per heavy atom. The highest BCUT2D eigenvalue weighted by molar-refractivity contribution is 5.73. The molecule has 0 saturated carbocycles. The molecular formula is C12H18N6. The standard InChI is InChI=1S/C12H18N6/c1-8(2)7-18-12(15-16-17-18)9-4-5-10(13)11(6-9)14-3/h4-6,8,14H,7,13H2,1-3H3. The van der Waals surface area contributed by atoms with Crippen molar-refractivity contribution in [2.45, 2.75) is 20.4 Å². The van der Waals surface area contributed by atoms with E-state index < -0.39 is 0 Å². The van der Waals surface area contributed by atoms with Gasteiger partial charge in [0, 0.05) is 19.2 Å². The van der Waals surface area contributed by atoms with Crippen molar-refractivity contribution in [1.82, 2.24) is 20.2 Å². The molecule has 0 unspecified atom stereocenters. The Hall–Kier alpha value is -2.11. The maximum absolute atomic E-state index is 5.85. The SMILES string of the molecule is CNc1cc(-c2nnnn2CC(C)C)ccc1N. The molecule has 0 bridgehead atoms. The van der Waals surface area contributed by atoms with Crippen LogP contribution in [0.1, 0.15) is 13.8 Å².